The zero-order chi connectivity index (χ0) is 12.1. The quantitative estimate of drug-likeness (QED) is 0.502. The Labute approximate surface area is 93.7 Å². The van der Waals surface area contributed by atoms with Crippen molar-refractivity contribution in [3.8, 4) is 0 Å². The van der Waals surface area contributed by atoms with Gasteiger partial charge in [-0.3, -0.25) is 4.55 Å². The first-order chi connectivity index (χ1) is 6.77. The average molecular weight is 258 g/mol. The SMILES string of the molecule is CN(C)CCCCS(=O)(=O)N(C)S(=O)O. The van der Waals surface area contributed by atoms with Crippen molar-refractivity contribution in [2.45, 2.75) is 12.8 Å². The van der Waals surface area contributed by atoms with Crippen molar-refractivity contribution in [2.75, 3.05) is 33.4 Å². The third kappa shape index (κ3) is 6.21. The van der Waals surface area contributed by atoms with Gasteiger partial charge in [0.2, 0.25) is 21.3 Å². The molecule has 0 aliphatic heterocycles. The van der Waals surface area contributed by atoms with Crippen LogP contribution in [-0.2, 0) is 21.3 Å². The molecular formula is C7H18N2O4S2. The monoisotopic (exact) mass is 258 g/mol. The second-order valence-corrected chi connectivity index (χ2v) is 6.83. The van der Waals surface area contributed by atoms with Gasteiger partial charge in [-0.2, -0.15) is 0 Å². The molecule has 0 saturated carbocycles. The highest BCUT2D eigenvalue weighted by Crippen LogP contribution is 2.04. The smallest absolute Gasteiger partial charge is 0.248 e. The Bertz CT molecular complexity index is 302. The average Bonchev–Trinajstić information content (AvgIpc) is 2.10. The summed E-state index contributed by atoms with van der Waals surface area (Å²) in [6, 6.07) is 0. The molecule has 15 heavy (non-hydrogen) atoms. The molecule has 0 aromatic carbocycles. The van der Waals surface area contributed by atoms with Crippen molar-refractivity contribution >= 4 is 21.3 Å². The van der Waals surface area contributed by atoms with Crippen LogP contribution in [0.4, 0.5) is 0 Å². The van der Waals surface area contributed by atoms with Crippen LogP contribution in [0.2, 0.25) is 0 Å². The third-order valence-corrected chi connectivity index (χ3v) is 4.96. The van der Waals surface area contributed by atoms with Gasteiger partial charge in [0.15, 0.2) is 0 Å². The highest BCUT2D eigenvalue weighted by molar-refractivity contribution is 7.99. The fourth-order valence-electron chi connectivity index (χ4n) is 0.938. The first-order valence-corrected chi connectivity index (χ1v) is 7.17. The van der Waals surface area contributed by atoms with E-state index in [2.05, 4.69) is 0 Å². The Kier molecular flexibility index (Phi) is 6.53. The van der Waals surface area contributed by atoms with Crippen LogP contribution < -0.4 is 0 Å². The molecule has 0 amide bonds. The van der Waals surface area contributed by atoms with Gasteiger partial charge in [-0.25, -0.2) is 12.6 Å². The van der Waals surface area contributed by atoms with Crippen LogP contribution in [0.5, 0.6) is 0 Å². The highest BCUT2D eigenvalue weighted by Gasteiger charge is 2.21. The minimum Gasteiger partial charge on any atom is -0.309 e. The maximum absolute atomic E-state index is 11.4. The first kappa shape index (κ1) is 15.0. The van der Waals surface area contributed by atoms with Crippen molar-refractivity contribution in [3.63, 3.8) is 0 Å². The Balaban J connectivity index is 4.01. The number of hydrogen-bond acceptors (Lipinski definition) is 4. The molecule has 0 rings (SSSR count). The van der Waals surface area contributed by atoms with E-state index in [1.165, 1.54) is 0 Å². The largest absolute Gasteiger partial charge is 0.309 e. The molecule has 0 saturated heterocycles. The summed E-state index contributed by atoms with van der Waals surface area (Å²) in [5, 5.41) is 0. The van der Waals surface area contributed by atoms with Crippen LogP contribution in [0, 0.1) is 0 Å². The molecular weight excluding hydrogens is 240 g/mol. The molecule has 0 aliphatic rings. The molecule has 0 bridgehead atoms. The summed E-state index contributed by atoms with van der Waals surface area (Å²) in [7, 11) is 1.31. The molecule has 0 radical (unpaired) electrons. The molecule has 6 nitrogen and oxygen atoms in total. The van der Waals surface area contributed by atoms with Gasteiger partial charge in [0, 0.05) is 7.05 Å². The molecule has 92 valence electrons. The lowest BCUT2D eigenvalue weighted by molar-refractivity contribution is 0.397. The summed E-state index contributed by atoms with van der Waals surface area (Å²) in [5.41, 5.74) is 0. The third-order valence-electron chi connectivity index (χ3n) is 1.87. The lowest BCUT2D eigenvalue weighted by Crippen LogP contribution is -2.30. The summed E-state index contributed by atoms with van der Waals surface area (Å²) >= 11 is -2.46. The summed E-state index contributed by atoms with van der Waals surface area (Å²) in [5.74, 6) is -0.0936. The van der Waals surface area contributed by atoms with E-state index < -0.39 is 21.3 Å². The van der Waals surface area contributed by atoms with E-state index in [-0.39, 0.29) is 5.75 Å². The summed E-state index contributed by atoms with van der Waals surface area (Å²) < 4.78 is 42.4. The van der Waals surface area contributed by atoms with E-state index in [1.807, 2.05) is 19.0 Å². The van der Waals surface area contributed by atoms with Gasteiger partial charge >= 0.3 is 0 Å². The first-order valence-electron chi connectivity index (χ1n) is 4.49. The van der Waals surface area contributed by atoms with Crippen molar-refractivity contribution in [3.05, 3.63) is 0 Å². The molecule has 0 aliphatic carbocycles. The highest BCUT2D eigenvalue weighted by atomic mass is 32.3. The molecule has 1 atom stereocenters. The predicted molar refractivity (Wildman–Crippen MR) is 60.1 cm³/mol. The number of rotatable bonds is 7. The lowest BCUT2D eigenvalue weighted by Gasteiger charge is -2.13. The molecule has 8 heteroatoms. The second-order valence-electron chi connectivity index (χ2n) is 3.47. The standard InChI is InChI=1S/C7H18N2O4S2/c1-8(2)6-4-5-7-15(12,13)9(3)14(10)11/h4-7H2,1-3H3,(H,10,11). The predicted octanol–water partition coefficient (Wildman–Crippen LogP) is -0.273. The Morgan fingerprint density at radius 2 is 1.73 bits per heavy atom. The molecule has 0 spiro atoms. The zero-order valence-electron chi connectivity index (χ0n) is 9.21. The number of nitrogens with zero attached hydrogens (tertiary/aromatic N) is 2. The van der Waals surface area contributed by atoms with E-state index in [0.29, 0.717) is 10.1 Å². The number of unbranched alkanes of at least 4 members (excludes halogenated alkanes) is 1. The van der Waals surface area contributed by atoms with Crippen molar-refractivity contribution in [1.29, 1.82) is 0 Å². The van der Waals surface area contributed by atoms with Crippen molar-refractivity contribution in [2.24, 2.45) is 0 Å². The molecule has 1 N–H and O–H groups in total. The van der Waals surface area contributed by atoms with Gasteiger partial charge in [-0.15, -0.1) is 0 Å². The van der Waals surface area contributed by atoms with Gasteiger partial charge in [-0.05, 0) is 33.5 Å². The fourth-order valence-corrected chi connectivity index (χ4v) is 2.77. The Morgan fingerprint density at radius 1 is 1.20 bits per heavy atom. The van der Waals surface area contributed by atoms with E-state index in [1.54, 1.807) is 0 Å². The Morgan fingerprint density at radius 3 is 2.13 bits per heavy atom. The van der Waals surface area contributed by atoms with Crippen LogP contribution in [0.3, 0.4) is 0 Å². The van der Waals surface area contributed by atoms with Gasteiger partial charge in [-0.1, -0.05) is 3.71 Å². The van der Waals surface area contributed by atoms with Gasteiger partial charge in [0.1, 0.15) is 0 Å². The van der Waals surface area contributed by atoms with Crippen molar-refractivity contribution < 1.29 is 17.2 Å². The minimum absolute atomic E-state index is 0.0936. The second kappa shape index (κ2) is 6.54. The van der Waals surface area contributed by atoms with Gasteiger partial charge in [0.25, 0.3) is 0 Å². The molecule has 0 aromatic heterocycles. The van der Waals surface area contributed by atoms with Gasteiger partial charge < -0.3 is 4.90 Å². The molecule has 0 aromatic rings. The zero-order valence-corrected chi connectivity index (χ0v) is 10.8. The van der Waals surface area contributed by atoms with Crippen LogP contribution >= 0.6 is 0 Å². The maximum Gasteiger partial charge on any atom is 0.248 e. The number of sulfonamides is 1. The molecule has 0 fully saturated rings. The van der Waals surface area contributed by atoms with Crippen LogP contribution in [0.25, 0.3) is 0 Å². The topological polar surface area (TPSA) is 77.9 Å². The summed E-state index contributed by atoms with van der Waals surface area (Å²) in [6.07, 6.45) is 1.24. The van der Waals surface area contributed by atoms with Crippen LogP contribution in [0.1, 0.15) is 12.8 Å². The minimum atomic E-state index is -3.59. The lowest BCUT2D eigenvalue weighted by atomic mass is 10.3. The van der Waals surface area contributed by atoms with E-state index in [4.69, 9.17) is 4.55 Å². The summed E-state index contributed by atoms with van der Waals surface area (Å²) in [4.78, 5) is 1.96. The number of hydrogen-bond donors (Lipinski definition) is 1. The van der Waals surface area contributed by atoms with Crippen LogP contribution in [-0.4, -0.2) is 59.2 Å². The van der Waals surface area contributed by atoms with E-state index in [9.17, 15) is 12.6 Å². The maximum atomic E-state index is 11.4. The van der Waals surface area contributed by atoms with E-state index >= 15 is 0 Å². The molecule has 1 unspecified atom stereocenters. The fraction of sp³-hybridized carbons (Fsp3) is 1.00. The van der Waals surface area contributed by atoms with Gasteiger partial charge in [0.05, 0.1) is 5.75 Å². The Hall–Kier alpha value is -0.0200. The normalized spacial score (nSPS) is 14.8. The summed E-state index contributed by atoms with van der Waals surface area (Å²) in [6.45, 7) is 0.807. The van der Waals surface area contributed by atoms with E-state index in [0.717, 1.165) is 20.0 Å². The molecule has 0 heterocycles. The van der Waals surface area contributed by atoms with Crippen LogP contribution in [0.15, 0.2) is 0 Å². The van der Waals surface area contributed by atoms with Crippen molar-refractivity contribution in [1.82, 2.24) is 8.61 Å².